The Balaban J connectivity index is 2.34. The zero-order chi connectivity index (χ0) is 14.0. The van der Waals surface area contributed by atoms with Crippen LogP contribution < -0.4 is 0 Å². The topological polar surface area (TPSA) is 63.0 Å². The highest BCUT2D eigenvalue weighted by atomic mass is 32.1. The first kappa shape index (κ1) is 13.3. The number of carbonyl (C=O) groups is 2. The van der Waals surface area contributed by atoms with Gasteiger partial charge in [-0.05, 0) is 24.4 Å². The Morgan fingerprint density at radius 3 is 2.89 bits per heavy atom. The van der Waals surface area contributed by atoms with Crippen molar-refractivity contribution in [3.63, 3.8) is 0 Å². The molecule has 0 atom stereocenters. The van der Waals surface area contributed by atoms with Crippen molar-refractivity contribution in [1.82, 2.24) is 9.80 Å². The van der Waals surface area contributed by atoms with Crippen molar-refractivity contribution >= 4 is 35.3 Å². The number of carbonyl (C=O) groups excluding carboxylic acids is 2. The number of hydrogen-bond acceptors (Lipinski definition) is 5. The van der Waals surface area contributed by atoms with Crippen molar-refractivity contribution in [2.75, 3.05) is 20.7 Å². The Labute approximate surface area is 115 Å². The van der Waals surface area contributed by atoms with Crippen molar-refractivity contribution in [3.8, 4) is 0 Å². The van der Waals surface area contributed by atoms with Crippen LogP contribution in [0.5, 0.6) is 0 Å². The van der Waals surface area contributed by atoms with E-state index in [9.17, 15) is 9.59 Å². The lowest BCUT2D eigenvalue weighted by Gasteiger charge is -2.16. The van der Waals surface area contributed by atoms with Gasteiger partial charge >= 0.3 is 5.97 Å². The van der Waals surface area contributed by atoms with E-state index in [1.807, 2.05) is 0 Å². The van der Waals surface area contributed by atoms with Crippen molar-refractivity contribution in [1.29, 1.82) is 0 Å². The summed E-state index contributed by atoms with van der Waals surface area (Å²) < 4.78 is 9.75. The van der Waals surface area contributed by atoms with Gasteiger partial charge in [0.05, 0.1) is 13.4 Å². The molecule has 0 aliphatic carbocycles. The maximum Gasteiger partial charge on any atom is 0.325 e. The van der Waals surface area contributed by atoms with Crippen LogP contribution in [-0.4, -0.2) is 47.5 Å². The molecule has 2 rings (SSSR count). The summed E-state index contributed by atoms with van der Waals surface area (Å²) in [5.74, 6) is -0.252. The van der Waals surface area contributed by atoms with Gasteiger partial charge < -0.3 is 14.1 Å². The van der Waals surface area contributed by atoms with Crippen LogP contribution in [0.3, 0.4) is 0 Å². The minimum atomic E-state index is -0.476. The van der Waals surface area contributed by atoms with E-state index in [-0.39, 0.29) is 23.3 Å². The molecule has 7 heteroatoms. The van der Waals surface area contributed by atoms with Crippen LogP contribution in [0.15, 0.2) is 28.5 Å². The molecular weight excluding hydrogens is 268 g/mol. The second-order valence-corrected chi connectivity index (χ2v) is 4.22. The first-order valence-corrected chi connectivity index (χ1v) is 5.87. The Bertz CT molecular complexity index is 550. The van der Waals surface area contributed by atoms with Crippen molar-refractivity contribution in [2.45, 2.75) is 0 Å². The van der Waals surface area contributed by atoms with E-state index in [0.717, 1.165) is 0 Å². The number of thiocarbonyl (C=S) groups is 1. The van der Waals surface area contributed by atoms with E-state index < -0.39 is 5.97 Å². The molecule has 1 aliphatic rings. The number of nitrogens with zero attached hydrogens (tertiary/aromatic N) is 2. The summed E-state index contributed by atoms with van der Waals surface area (Å²) in [6.07, 6.45) is 3.04. The molecule has 0 N–H and O–H groups in total. The third-order valence-corrected chi connectivity index (χ3v) is 3.16. The third-order valence-electron chi connectivity index (χ3n) is 2.67. The molecule has 1 fully saturated rings. The van der Waals surface area contributed by atoms with E-state index >= 15 is 0 Å². The summed E-state index contributed by atoms with van der Waals surface area (Å²) in [6.45, 7) is -0.113. The summed E-state index contributed by atoms with van der Waals surface area (Å²) in [4.78, 5) is 26.1. The van der Waals surface area contributed by atoms with Crippen LogP contribution in [0, 0.1) is 0 Å². The van der Waals surface area contributed by atoms with Crippen LogP contribution in [-0.2, 0) is 14.3 Å². The lowest BCUT2D eigenvalue weighted by molar-refractivity contribution is -0.140. The zero-order valence-corrected chi connectivity index (χ0v) is 11.3. The van der Waals surface area contributed by atoms with Crippen molar-refractivity contribution in [2.24, 2.45) is 0 Å². The van der Waals surface area contributed by atoms with E-state index in [2.05, 4.69) is 4.74 Å². The van der Waals surface area contributed by atoms with Crippen LogP contribution in [0.2, 0.25) is 0 Å². The Kier molecular flexibility index (Phi) is 3.66. The van der Waals surface area contributed by atoms with Crippen LogP contribution >= 0.6 is 12.2 Å². The molecule has 0 saturated carbocycles. The van der Waals surface area contributed by atoms with Crippen molar-refractivity contribution < 1.29 is 18.7 Å². The summed E-state index contributed by atoms with van der Waals surface area (Å²) in [5.41, 5.74) is 0.285. The molecule has 2 heterocycles. The SMILES string of the molecule is COC(=O)CN1C(=S)N(C)C(=O)/C1=C/c1ccco1. The van der Waals surface area contributed by atoms with Gasteiger partial charge in [-0.25, -0.2) is 0 Å². The minimum absolute atomic E-state index is 0.113. The quantitative estimate of drug-likeness (QED) is 0.465. The summed E-state index contributed by atoms with van der Waals surface area (Å²) >= 11 is 5.13. The normalized spacial score (nSPS) is 17.5. The first-order valence-electron chi connectivity index (χ1n) is 5.46. The number of hydrogen-bond donors (Lipinski definition) is 0. The zero-order valence-electron chi connectivity index (χ0n) is 10.5. The molecule has 1 aromatic rings. The van der Waals surface area contributed by atoms with E-state index in [1.165, 1.54) is 23.2 Å². The fourth-order valence-corrected chi connectivity index (χ4v) is 1.90. The number of rotatable bonds is 3. The monoisotopic (exact) mass is 280 g/mol. The van der Waals surface area contributed by atoms with Gasteiger partial charge in [0.1, 0.15) is 18.0 Å². The predicted molar refractivity (Wildman–Crippen MR) is 70.8 cm³/mol. The maximum atomic E-state index is 12.1. The molecule has 0 radical (unpaired) electrons. The average molecular weight is 280 g/mol. The molecule has 1 aromatic heterocycles. The second kappa shape index (κ2) is 5.23. The maximum absolute atomic E-state index is 12.1. The molecule has 0 aromatic carbocycles. The number of furan rings is 1. The minimum Gasteiger partial charge on any atom is -0.468 e. The second-order valence-electron chi connectivity index (χ2n) is 3.85. The summed E-state index contributed by atoms with van der Waals surface area (Å²) in [6, 6.07) is 3.41. The molecule has 0 bridgehead atoms. The number of methoxy groups -OCH3 is 1. The number of likely N-dealkylation sites (N-methyl/N-ethyl adjacent to an activating group) is 1. The van der Waals surface area contributed by atoms with Crippen LogP contribution in [0.4, 0.5) is 0 Å². The first-order chi connectivity index (χ1) is 9.04. The molecule has 1 aliphatic heterocycles. The van der Waals surface area contributed by atoms with Crippen molar-refractivity contribution in [3.05, 3.63) is 29.9 Å². The predicted octanol–water partition coefficient (Wildman–Crippen LogP) is 0.852. The fraction of sp³-hybridized carbons (Fsp3) is 0.250. The molecule has 0 spiro atoms. The summed E-state index contributed by atoms with van der Waals surface area (Å²) in [5, 5.41) is 0.258. The van der Waals surface area contributed by atoms with Gasteiger partial charge in [0.15, 0.2) is 5.11 Å². The highest BCUT2D eigenvalue weighted by molar-refractivity contribution is 7.80. The number of amides is 1. The largest absolute Gasteiger partial charge is 0.468 e. The molecule has 100 valence electrons. The highest BCUT2D eigenvalue weighted by Crippen LogP contribution is 2.22. The third kappa shape index (κ3) is 2.50. The Morgan fingerprint density at radius 2 is 2.32 bits per heavy atom. The fourth-order valence-electron chi connectivity index (χ4n) is 1.65. The van der Waals surface area contributed by atoms with Gasteiger partial charge in [-0.2, -0.15) is 0 Å². The standard InChI is InChI=1S/C12H12N2O4S/c1-13-11(16)9(6-8-4-3-5-18-8)14(12(13)19)7-10(15)17-2/h3-6H,7H2,1-2H3/b9-6-. The summed E-state index contributed by atoms with van der Waals surface area (Å²) in [7, 11) is 2.83. The lowest BCUT2D eigenvalue weighted by atomic mass is 10.3. The smallest absolute Gasteiger partial charge is 0.325 e. The average Bonchev–Trinajstić information content (AvgIpc) is 2.98. The van der Waals surface area contributed by atoms with Gasteiger partial charge in [0.2, 0.25) is 0 Å². The van der Waals surface area contributed by atoms with E-state index in [4.69, 9.17) is 16.6 Å². The van der Waals surface area contributed by atoms with Gasteiger partial charge in [-0.3, -0.25) is 14.5 Å². The van der Waals surface area contributed by atoms with Crippen LogP contribution in [0.25, 0.3) is 6.08 Å². The molecule has 6 nitrogen and oxygen atoms in total. The number of esters is 1. The molecule has 1 amide bonds. The van der Waals surface area contributed by atoms with Gasteiger partial charge in [-0.1, -0.05) is 0 Å². The van der Waals surface area contributed by atoms with Gasteiger partial charge in [-0.15, -0.1) is 0 Å². The lowest BCUT2D eigenvalue weighted by Crippen LogP contribution is -2.33. The molecule has 0 unspecified atom stereocenters. The van der Waals surface area contributed by atoms with Crippen LogP contribution in [0.1, 0.15) is 5.76 Å². The number of ether oxygens (including phenoxy) is 1. The highest BCUT2D eigenvalue weighted by Gasteiger charge is 2.36. The van der Waals surface area contributed by atoms with E-state index in [1.54, 1.807) is 25.3 Å². The van der Waals surface area contributed by atoms with Gasteiger partial charge in [0, 0.05) is 13.1 Å². The molecule has 19 heavy (non-hydrogen) atoms. The van der Waals surface area contributed by atoms with Gasteiger partial charge in [0.25, 0.3) is 5.91 Å². The Hall–Kier alpha value is -2.15. The van der Waals surface area contributed by atoms with E-state index in [0.29, 0.717) is 5.76 Å². The molecule has 1 saturated heterocycles. The molecular formula is C12H12N2O4S. The Morgan fingerprint density at radius 1 is 1.58 bits per heavy atom.